The second kappa shape index (κ2) is 7.48. The van der Waals surface area contributed by atoms with Gasteiger partial charge in [-0.25, -0.2) is 12.7 Å². The van der Waals surface area contributed by atoms with E-state index in [1.807, 2.05) is 0 Å². The molecule has 0 fully saturated rings. The van der Waals surface area contributed by atoms with Crippen molar-refractivity contribution in [1.29, 1.82) is 0 Å². The van der Waals surface area contributed by atoms with E-state index in [9.17, 15) is 8.42 Å². The minimum Gasteiger partial charge on any atom is -0.207 e. The lowest BCUT2D eigenvalue weighted by Crippen LogP contribution is -2.28. The standard InChI is InChI=1S/C13H19Cl2NO2S/c1-3-4-5-8-16(2)19(17,18)13-9-11(10-14)6-7-12(13)15/h6-7,9H,3-5,8,10H2,1-2H3. The first-order chi connectivity index (χ1) is 8.93. The van der Waals surface area contributed by atoms with Crippen molar-refractivity contribution in [2.24, 2.45) is 0 Å². The van der Waals surface area contributed by atoms with E-state index >= 15 is 0 Å². The first-order valence-electron chi connectivity index (χ1n) is 6.24. The van der Waals surface area contributed by atoms with Crippen molar-refractivity contribution in [3.63, 3.8) is 0 Å². The van der Waals surface area contributed by atoms with Crippen LogP contribution < -0.4 is 0 Å². The van der Waals surface area contributed by atoms with Gasteiger partial charge in [-0.1, -0.05) is 37.4 Å². The van der Waals surface area contributed by atoms with Crippen molar-refractivity contribution in [3.8, 4) is 0 Å². The van der Waals surface area contributed by atoms with Crippen LogP contribution in [-0.2, 0) is 15.9 Å². The molecule has 0 bridgehead atoms. The lowest BCUT2D eigenvalue weighted by molar-refractivity contribution is 0.454. The van der Waals surface area contributed by atoms with Crippen molar-refractivity contribution in [2.75, 3.05) is 13.6 Å². The minimum absolute atomic E-state index is 0.131. The van der Waals surface area contributed by atoms with Gasteiger partial charge in [0.2, 0.25) is 10.0 Å². The van der Waals surface area contributed by atoms with E-state index in [1.165, 1.54) is 4.31 Å². The van der Waals surface area contributed by atoms with Gasteiger partial charge in [0.25, 0.3) is 0 Å². The van der Waals surface area contributed by atoms with Gasteiger partial charge >= 0.3 is 0 Å². The fourth-order valence-electron chi connectivity index (χ4n) is 1.70. The first kappa shape index (κ1) is 16.8. The Morgan fingerprint density at radius 1 is 1.26 bits per heavy atom. The largest absolute Gasteiger partial charge is 0.244 e. The Morgan fingerprint density at radius 2 is 1.95 bits per heavy atom. The van der Waals surface area contributed by atoms with Crippen LogP contribution in [0.4, 0.5) is 0 Å². The molecule has 6 heteroatoms. The zero-order chi connectivity index (χ0) is 14.5. The van der Waals surface area contributed by atoms with E-state index in [1.54, 1.807) is 25.2 Å². The first-order valence-corrected chi connectivity index (χ1v) is 8.59. The molecule has 0 aliphatic carbocycles. The zero-order valence-corrected chi connectivity index (χ0v) is 13.5. The van der Waals surface area contributed by atoms with Crippen molar-refractivity contribution < 1.29 is 8.42 Å². The number of alkyl halides is 1. The monoisotopic (exact) mass is 323 g/mol. The van der Waals surface area contributed by atoms with E-state index in [2.05, 4.69) is 6.92 Å². The summed E-state index contributed by atoms with van der Waals surface area (Å²) in [4.78, 5) is 0.131. The highest BCUT2D eigenvalue weighted by atomic mass is 35.5. The third kappa shape index (κ3) is 4.35. The van der Waals surface area contributed by atoms with Crippen LogP contribution >= 0.6 is 23.2 Å². The molecule has 0 spiro atoms. The van der Waals surface area contributed by atoms with Gasteiger partial charge in [-0.2, -0.15) is 0 Å². The fourth-order valence-corrected chi connectivity index (χ4v) is 3.60. The zero-order valence-electron chi connectivity index (χ0n) is 11.2. The summed E-state index contributed by atoms with van der Waals surface area (Å²) in [5, 5.41) is 0.233. The van der Waals surface area contributed by atoms with Gasteiger partial charge in [0.05, 0.1) is 5.02 Å². The number of halogens is 2. The number of rotatable bonds is 7. The predicted molar refractivity (Wildman–Crippen MR) is 80.3 cm³/mol. The molecule has 0 saturated carbocycles. The van der Waals surface area contributed by atoms with E-state index in [0.29, 0.717) is 6.54 Å². The van der Waals surface area contributed by atoms with E-state index in [-0.39, 0.29) is 15.8 Å². The number of hydrogen-bond acceptors (Lipinski definition) is 2. The number of benzene rings is 1. The van der Waals surface area contributed by atoms with Crippen LogP contribution in [0.2, 0.25) is 5.02 Å². The maximum Gasteiger partial charge on any atom is 0.244 e. The molecule has 0 amide bonds. The molecule has 0 saturated heterocycles. The summed E-state index contributed by atoms with van der Waals surface area (Å²) in [7, 11) is -1.96. The van der Waals surface area contributed by atoms with Gasteiger partial charge in [-0.3, -0.25) is 0 Å². The molecule has 0 heterocycles. The summed E-state index contributed by atoms with van der Waals surface area (Å²) < 4.78 is 26.2. The summed E-state index contributed by atoms with van der Waals surface area (Å²) >= 11 is 11.7. The molecular formula is C13H19Cl2NO2S. The summed E-state index contributed by atoms with van der Waals surface area (Å²) in [6.07, 6.45) is 2.91. The average molecular weight is 324 g/mol. The van der Waals surface area contributed by atoms with E-state index in [4.69, 9.17) is 23.2 Å². The third-order valence-electron chi connectivity index (χ3n) is 2.91. The van der Waals surface area contributed by atoms with Crippen LogP contribution in [0.15, 0.2) is 23.1 Å². The second-order valence-corrected chi connectivity index (χ2v) is 7.12. The van der Waals surface area contributed by atoms with Gasteiger partial charge in [0.1, 0.15) is 4.90 Å². The van der Waals surface area contributed by atoms with Gasteiger partial charge in [0, 0.05) is 19.5 Å². The lowest BCUT2D eigenvalue weighted by Gasteiger charge is -2.18. The van der Waals surface area contributed by atoms with Crippen molar-refractivity contribution in [2.45, 2.75) is 37.0 Å². The maximum absolute atomic E-state index is 12.4. The molecule has 0 aliphatic rings. The molecule has 1 rings (SSSR count). The van der Waals surface area contributed by atoms with Crippen LogP contribution in [-0.4, -0.2) is 26.3 Å². The van der Waals surface area contributed by atoms with Gasteiger partial charge in [-0.05, 0) is 24.1 Å². The predicted octanol–water partition coefficient (Wildman–Crippen LogP) is 3.89. The molecule has 0 aliphatic heterocycles. The maximum atomic E-state index is 12.4. The Kier molecular flexibility index (Phi) is 6.60. The average Bonchev–Trinajstić information content (AvgIpc) is 2.39. The van der Waals surface area contributed by atoms with Crippen LogP contribution in [0, 0.1) is 0 Å². The minimum atomic E-state index is -3.54. The summed E-state index contributed by atoms with van der Waals surface area (Å²) in [6.45, 7) is 2.58. The molecule has 0 radical (unpaired) electrons. The molecular weight excluding hydrogens is 305 g/mol. The quantitative estimate of drug-likeness (QED) is 0.564. The topological polar surface area (TPSA) is 37.4 Å². The van der Waals surface area contributed by atoms with Crippen molar-refractivity contribution >= 4 is 33.2 Å². The fraction of sp³-hybridized carbons (Fsp3) is 0.538. The molecule has 1 aromatic carbocycles. The van der Waals surface area contributed by atoms with Crippen LogP contribution in [0.1, 0.15) is 31.7 Å². The highest BCUT2D eigenvalue weighted by Gasteiger charge is 2.23. The number of unbranched alkanes of at least 4 members (excludes halogenated alkanes) is 2. The number of hydrogen-bond donors (Lipinski definition) is 0. The molecule has 0 atom stereocenters. The van der Waals surface area contributed by atoms with Crippen LogP contribution in [0.5, 0.6) is 0 Å². The van der Waals surface area contributed by atoms with Gasteiger partial charge < -0.3 is 0 Å². The SMILES string of the molecule is CCCCCN(C)S(=O)(=O)c1cc(CCl)ccc1Cl. The Balaban J connectivity index is 2.99. The van der Waals surface area contributed by atoms with Crippen LogP contribution in [0.25, 0.3) is 0 Å². The Labute approximate surface area is 125 Å². The van der Waals surface area contributed by atoms with E-state index in [0.717, 1.165) is 24.8 Å². The highest BCUT2D eigenvalue weighted by molar-refractivity contribution is 7.89. The normalized spacial score (nSPS) is 12.1. The smallest absolute Gasteiger partial charge is 0.207 e. The molecule has 0 N–H and O–H groups in total. The molecule has 3 nitrogen and oxygen atoms in total. The molecule has 19 heavy (non-hydrogen) atoms. The molecule has 0 aromatic heterocycles. The molecule has 1 aromatic rings. The summed E-state index contributed by atoms with van der Waals surface area (Å²) in [5.41, 5.74) is 0.742. The van der Waals surface area contributed by atoms with Gasteiger partial charge in [-0.15, -0.1) is 11.6 Å². The second-order valence-electron chi connectivity index (χ2n) is 4.43. The molecule has 0 unspecified atom stereocenters. The highest BCUT2D eigenvalue weighted by Crippen LogP contribution is 2.26. The van der Waals surface area contributed by atoms with E-state index < -0.39 is 10.0 Å². The van der Waals surface area contributed by atoms with Crippen molar-refractivity contribution in [1.82, 2.24) is 4.31 Å². The molecule has 108 valence electrons. The Bertz CT molecular complexity index is 517. The number of nitrogens with zero attached hydrogens (tertiary/aromatic N) is 1. The summed E-state index contributed by atoms with van der Waals surface area (Å²) in [6, 6.07) is 4.85. The van der Waals surface area contributed by atoms with Crippen molar-refractivity contribution in [3.05, 3.63) is 28.8 Å². The van der Waals surface area contributed by atoms with Gasteiger partial charge in [0.15, 0.2) is 0 Å². The Hall–Kier alpha value is -0.290. The van der Waals surface area contributed by atoms with Crippen LogP contribution in [0.3, 0.4) is 0 Å². The number of sulfonamides is 1. The lowest BCUT2D eigenvalue weighted by atomic mass is 10.2. The summed E-state index contributed by atoms with van der Waals surface area (Å²) in [5.74, 6) is 0.263. The third-order valence-corrected chi connectivity index (χ3v) is 5.56. The Morgan fingerprint density at radius 3 is 2.53 bits per heavy atom.